The van der Waals surface area contributed by atoms with E-state index >= 15 is 0 Å². The first kappa shape index (κ1) is 16.4. The average Bonchev–Trinajstić information content (AvgIpc) is 3.27. The molecule has 0 atom stereocenters. The number of ether oxygens (including phenoxy) is 1. The molecule has 0 radical (unpaired) electrons. The number of hydrogen-bond acceptors (Lipinski definition) is 5. The van der Waals surface area contributed by atoms with Crippen molar-refractivity contribution < 1.29 is 9.53 Å². The van der Waals surface area contributed by atoms with Crippen LogP contribution in [-0.4, -0.2) is 59.1 Å². The number of carbonyl (C=O) groups is 1. The van der Waals surface area contributed by atoms with Crippen molar-refractivity contribution in [1.29, 1.82) is 0 Å². The summed E-state index contributed by atoms with van der Waals surface area (Å²) in [5.74, 6) is 0.644. The zero-order valence-corrected chi connectivity index (χ0v) is 13.9. The van der Waals surface area contributed by atoms with Gasteiger partial charge in [-0.2, -0.15) is 0 Å². The summed E-state index contributed by atoms with van der Waals surface area (Å²) in [6.45, 7) is 4.37. The third-order valence-corrected chi connectivity index (χ3v) is 4.19. The summed E-state index contributed by atoms with van der Waals surface area (Å²) >= 11 is 0. The van der Waals surface area contributed by atoms with Crippen LogP contribution in [0.15, 0.2) is 30.5 Å². The number of likely N-dealkylation sites (tertiary alicyclic amines) is 1. The summed E-state index contributed by atoms with van der Waals surface area (Å²) in [4.78, 5) is 14.5. The number of hydrogen-bond donors (Lipinski definition) is 1. The Labute approximate surface area is 141 Å². The van der Waals surface area contributed by atoms with E-state index in [1.807, 2.05) is 24.3 Å². The maximum atomic E-state index is 12.1. The largest absolute Gasteiger partial charge is 0.497 e. The summed E-state index contributed by atoms with van der Waals surface area (Å²) in [6, 6.07) is 7.74. The van der Waals surface area contributed by atoms with E-state index in [2.05, 4.69) is 20.5 Å². The highest BCUT2D eigenvalue weighted by Crippen LogP contribution is 2.12. The fraction of sp³-hybridized carbons (Fsp3) is 0.471. The van der Waals surface area contributed by atoms with E-state index in [0.717, 1.165) is 30.9 Å². The first-order chi connectivity index (χ1) is 11.7. The standard InChI is InChI=1S/C17H23N5O2/c1-24-15-6-4-14(5-7-15)12-22-13-16(19-20-22)17(23)18-8-11-21-9-2-3-10-21/h4-7,13H,2-3,8-12H2,1H3,(H,18,23). The Morgan fingerprint density at radius 2 is 2.00 bits per heavy atom. The van der Waals surface area contributed by atoms with Crippen molar-refractivity contribution in [3.05, 3.63) is 41.7 Å². The van der Waals surface area contributed by atoms with Crippen molar-refractivity contribution in [2.45, 2.75) is 19.4 Å². The van der Waals surface area contributed by atoms with Gasteiger partial charge in [-0.1, -0.05) is 17.3 Å². The van der Waals surface area contributed by atoms with Gasteiger partial charge in [0, 0.05) is 13.1 Å². The summed E-state index contributed by atoms with van der Waals surface area (Å²) < 4.78 is 6.80. The fourth-order valence-corrected chi connectivity index (χ4v) is 2.82. The Morgan fingerprint density at radius 1 is 1.25 bits per heavy atom. The van der Waals surface area contributed by atoms with Crippen LogP contribution < -0.4 is 10.1 Å². The molecule has 1 fully saturated rings. The molecule has 2 aromatic rings. The summed E-state index contributed by atoms with van der Waals surface area (Å²) in [5.41, 5.74) is 1.42. The number of benzene rings is 1. The lowest BCUT2D eigenvalue weighted by Crippen LogP contribution is -2.33. The normalized spacial score (nSPS) is 14.7. The second kappa shape index (κ2) is 7.92. The minimum Gasteiger partial charge on any atom is -0.497 e. The molecule has 0 aliphatic carbocycles. The average molecular weight is 329 g/mol. The van der Waals surface area contributed by atoms with E-state index in [-0.39, 0.29) is 5.91 Å². The van der Waals surface area contributed by atoms with Crippen LogP contribution in [0, 0.1) is 0 Å². The van der Waals surface area contributed by atoms with Gasteiger partial charge in [0.05, 0.1) is 19.9 Å². The van der Waals surface area contributed by atoms with Crippen LogP contribution in [0.5, 0.6) is 5.75 Å². The fourth-order valence-electron chi connectivity index (χ4n) is 2.82. The van der Waals surface area contributed by atoms with Gasteiger partial charge in [-0.25, -0.2) is 4.68 Å². The molecule has 1 N–H and O–H groups in total. The molecule has 0 unspecified atom stereocenters. The molecule has 3 rings (SSSR count). The lowest BCUT2D eigenvalue weighted by molar-refractivity contribution is 0.0944. The molecule has 1 aliphatic rings. The maximum Gasteiger partial charge on any atom is 0.273 e. The van der Waals surface area contributed by atoms with Gasteiger partial charge in [-0.3, -0.25) is 4.79 Å². The minimum absolute atomic E-state index is 0.171. The highest BCUT2D eigenvalue weighted by atomic mass is 16.5. The number of aromatic nitrogens is 3. The number of rotatable bonds is 7. The highest BCUT2D eigenvalue weighted by molar-refractivity contribution is 5.91. The molecule has 0 bridgehead atoms. The van der Waals surface area contributed by atoms with Crippen LogP contribution >= 0.6 is 0 Å². The first-order valence-corrected chi connectivity index (χ1v) is 8.28. The molecule has 128 valence electrons. The molecule has 0 spiro atoms. The Kier molecular flexibility index (Phi) is 5.43. The molecule has 7 nitrogen and oxygen atoms in total. The van der Waals surface area contributed by atoms with Crippen molar-refractivity contribution in [3.63, 3.8) is 0 Å². The van der Waals surface area contributed by atoms with E-state index in [1.54, 1.807) is 18.0 Å². The van der Waals surface area contributed by atoms with Gasteiger partial charge >= 0.3 is 0 Å². The van der Waals surface area contributed by atoms with Crippen molar-refractivity contribution in [2.24, 2.45) is 0 Å². The van der Waals surface area contributed by atoms with Gasteiger partial charge in [-0.05, 0) is 43.6 Å². The van der Waals surface area contributed by atoms with Gasteiger partial charge < -0.3 is 15.0 Å². The van der Waals surface area contributed by atoms with Crippen molar-refractivity contribution >= 4 is 5.91 Å². The van der Waals surface area contributed by atoms with Crippen molar-refractivity contribution in [1.82, 2.24) is 25.2 Å². The number of carbonyl (C=O) groups excluding carboxylic acids is 1. The first-order valence-electron chi connectivity index (χ1n) is 8.28. The van der Waals surface area contributed by atoms with Crippen LogP contribution in [0.3, 0.4) is 0 Å². The molecular weight excluding hydrogens is 306 g/mol. The van der Waals surface area contributed by atoms with Crippen LogP contribution in [-0.2, 0) is 6.54 Å². The van der Waals surface area contributed by atoms with E-state index < -0.39 is 0 Å². The van der Waals surface area contributed by atoms with Crippen LogP contribution in [0.25, 0.3) is 0 Å². The number of nitrogens with one attached hydrogen (secondary N) is 1. The van der Waals surface area contributed by atoms with Gasteiger partial charge in [0.25, 0.3) is 5.91 Å². The highest BCUT2D eigenvalue weighted by Gasteiger charge is 2.13. The SMILES string of the molecule is COc1ccc(Cn2cc(C(=O)NCCN3CCCC3)nn2)cc1. The van der Waals surface area contributed by atoms with Gasteiger partial charge in [0.2, 0.25) is 0 Å². The summed E-state index contributed by atoms with van der Waals surface area (Å²) in [6.07, 6.45) is 4.19. The smallest absolute Gasteiger partial charge is 0.273 e. The summed E-state index contributed by atoms with van der Waals surface area (Å²) in [7, 11) is 1.64. The van der Waals surface area contributed by atoms with Crippen LogP contribution in [0.2, 0.25) is 0 Å². The zero-order valence-electron chi connectivity index (χ0n) is 13.9. The second-order valence-corrected chi connectivity index (χ2v) is 5.95. The quantitative estimate of drug-likeness (QED) is 0.825. The molecule has 1 aromatic heterocycles. The number of amides is 1. The van der Waals surface area contributed by atoms with Crippen molar-refractivity contribution in [2.75, 3.05) is 33.3 Å². The zero-order chi connectivity index (χ0) is 16.8. The lowest BCUT2D eigenvalue weighted by atomic mass is 10.2. The van der Waals surface area contributed by atoms with Crippen molar-refractivity contribution in [3.8, 4) is 5.75 Å². The van der Waals surface area contributed by atoms with E-state index in [1.165, 1.54) is 12.8 Å². The molecule has 1 aliphatic heterocycles. The molecular formula is C17H23N5O2. The molecule has 24 heavy (non-hydrogen) atoms. The molecule has 1 amide bonds. The van der Waals surface area contributed by atoms with Crippen LogP contribution in [0.1, 0.15) is 28.9 Å². The van der Waals surface area contributed by atoms with Gasteiger partial charge in [0.15, 0.2) is 5.69 Å². The third-order valence-electron chi connectivity index (χ3n) is 4.19. The predicted octanol–water partition coefficient (Wildman–Crippen LogP) is 1.16. The Morgan fingerprint density at radius 3 is 2.71 bits per heavy atom. The second-order valence-electron chi connectivity index (χ2n) is 5.95. The lowest BCUT2D eigenvalue weighted by Gasteiger charge is -2.14. The minimum atomic E-state index is -0.171. The number of methoxy groups -OCH3 is 1. The molecule has 2 heterocycles. The van der Waals surface area contributed by atoms with Crippen LogP contribution in [0.4, 0.5) is 0 Å². The van der Waals surface area contributed by atoms with Gasteiger partial charge in [-0.15, -0.1) is 5.10 Å². The van der Waals surface area contributed by atoms with Gasteiger partial charge in [0.1, 0.15) is 5.75 Å². The molecule has 7 heteroatoms. The molecule has 0 saturated carbocycles. The third kappa shape index (κ3) is 4.32. The Bertz CT molecular complexity index is 662. The monoisotopic (exact) mass is 329 g/mol. The maximum absolute atomic E-state index is 12.1. The van der Waals surface area contributed by atoms with E-state index in [0.29, 0.717) is 18.8 Å². The Hall–Kier alpha value is -2.41. The topological polar surface area (TPSA) is 72.3 Å². The Balaban J connectivity index is 1.49. The number of nitrogens with zero attached hydrogens (tertiary/aromatic N) is 4. The molecule has 1 saturated heterocycles. The van der Waals surface area contributed by atoms with E-state index in [4.69, 9.17) is 4.74 Å². The predicted molar refractivity (Wildman–Crippen MR) is 90.1 cm³/mol. The summed E-state index contributed by atoms with van der Waals surface area (Å²) in [5, 5.41) is 10.9. The van der Waals surface area contributed by atoms with E-state index in [9.17, 15) is 4.79 Å². The molecule has 1 aromatic carbocycles.